The SMILES string of the molecule is Cc1cc(CC2CCC(C)CC2)ccc1Cc1c(C)c(C)c(CC2CCC(=O)CC2)c(C)c1C. The Kier molecular flexibility index (Phi) is 8.01. The third-order valence-electron chi connectivity index (χ3n) is 9.53. The van der Waals surface area contributed by atoms with E-state index < -0.39 is 0 Å². The monoisotopic (exact) mass is 458 g/mol. The number of Topliss-reactive ketones (excluding diaryl/α,β-unsaturated/α-hetero) is 1. The second-order valence-electron chi connectivity index (χ2n) is 11.9. The van der Waals surface area contributed by atoms with Crippen LogP contribution in [-0.4, -0.2) is 5.78 Å². The van der Waals surface area contributed by atoms with Crippen LogP contribution in [-0.2, 0) is 24.1 Å². The lowest BCUT2D eigenvalue weighted by Crippen LogP contribution is -2.17. The van der Waals surface area contributed by atoms with Crippen molar-refractivity contribution in [3.63, 3.8) is 0 Å². The van der Waals surface area contributed by atoms with E-state index in [2.05, 4.69) is 59.7 Å². The molecular formula is C33H46O. The first-order chi connectivity index (χ1) is 16.2. The summed E-state index contributed by atoms with van der Waals surface area (Å²) in [6.07, 6.45) is 12.8. The average Bonchev–Trinajstić information content (AvgIpc) is 2.82. The molecule has 2 aromatic carbocycles. The fourth-order valence-electron chi connectivity index (χ4n) is 6.67. The molecule has 2 aliphatic carbocycles. The second kappa shape index (κ2) is 10.8. The van der Waals surface area contributed by atoms with Crippen LogP contribution >= 0.6 is 0 Å². The van der Waals surface area contributed by atoms with Gasteiger partial charge in [-0.25, -0.2) is 0 Å². The Morgan fingerprint density at radius 1 is 0.706 bits per heavy atom. The number of benzene rings is 2. The van der Waals surface area contributed by atoms with Gasteiger partial charge in [0.15, 0.2) is 0 Å². The molecule has 0 aromatic heterocycles. The minimum Gasteiger partial charge on any atom is -0.300 e. The molecule has 0 N–H and O–H groups in total. The highest BCUT2D eigenvalue weighted by Gasteiger charge is 2.23. The van der Waals surface area contributed by atoms with Crippen LogP contribution in [0.3, 0.4) is 0 Å². The fraction of sp³-hybridized carbons (Fsp3) is 0.606. The molecule has 2 saturated carbocycles. The zero-order valence-electron chi connectivity index (χ0n) is 22.7. The van der Waals surface area contributed by atoms with Crippen molar-refractivity contribution in [3.05, 3.63) is 68.3 Å². The number of aryl methyl sites for hydroxylation is 1. The minimum absolute atomic E-state index is 0.460. The summed E-state index contributed by atoms with van der Waals surface area (Å²) in [6.45, 7) is 14.0. The maximum absolute atomic E-state index is 11.7. The van der Waals surface area contributed by atoms with Gasteiger partial charge in [-0.05, 0) is 147 Å². The number of hydrogen-bond acceptors (Lipinski definition) is 1. The quantitative estimate of drug-likeness (QED) is 0.424. The van der Waals surface area contributed by atoms with E-state index >= 15 is 0 Å². The van der Waals surface area contributed by atoms with E-state index in [1.165, 1.54) is 76.6 Å². The van der Waals surface area contributed by atoms with E-state index in [1.807, 2.05) is 0 Å². The normalized spacial score (nSPS) is 21.8. The van der Waals surface area contributed by atoms with Gasteiger partial charge < -0.3 is 0 Å². The first-order valence-electron chi connectivity index (χ1n) is 13.9. The van der Waals surface area contributed by atoms with Gasteiger partial charge in [0.1, 0.15) is 5.78 Å². The van der Waals surface area contributed by atoms with Crippen LogP contribution in [0.5, 0.6) is 0 Å². The second-order valence-corrected chi connectivity index (χ2v) is 11.9. The number of ketones is 1. The van der Waals surface area contributed by atoms with Gasteiger partial charge in [0.25, 0.3) is 0 Å². The Morgan fingerprint density at radius 2 is 1.26 bits per heavy atom. The van der Waals surface area contributed by atoms with Crippen molar-refractivity contribution >= 4 is 5.78 Å². The predicted octanol–water partition coefficient (Wildman–Crippen LogP) is 8.49. The van der Waals surface area contributed by atoms with E-state index in [4.69, 9.17) is 0 Å². The predicted molar refractivity (Wildman–Crippen MR) is 145 cm³/mol. The van der Waals surface area contributed by atoms with Crippen LogP contribution < -0.4 is 0 Å². The van der Waals surface area contributed by atoms with E-state index in [9.17, 15) is 4.79 Å². The van der Waals surface area contributed by atoms with Crippen molar-refractivity contribution in [1.29, 1.82) is 0 Å². The number of hydrogen-bond donors (Lipinski definition) is 0. The zero-order valence-corrected chi connectivity index (χ0v) is 22.7. The third kappa shape index (κ3) is 5.67. The molecule has 0 atom stereocenters. The molecule has 2 aliphatic rings. The molecule has 4 rings (SSSR count). The van der Waals surface area contributed by atoms with Crippen molar-refractivity contribution in [1.82, 2.24) is 0 Å². The highest BCUT2D eigenvalue weighted by molar-refractivity contribution is 5.79. The molecular weight excluding hydrogens is 412 g/mol. The molecule has 0 heterocycles. The molecule has 1 nitrogen and oxygen atoms in total. The van der Waals surface area contributed by atoms with Crippen LogP contribution in [0.4, 0.5) is 0 Å². The summed E-state index contributed by atoms with van der Waals surface area (Å²) in [5.41, 5.74) is 13.4. The highest BCUT2D eigenvalue weighted by Crippen LogP contribution is 2.34. The van der Waals surface area contributed by atoms with Gasteiger partial charge in [0.2, 0.25) is 0 Å². The van der Waals surface area contributed by atoms with Crippen molar-refractivity contribution in [2.24, 2.45) is 17.8 Å². The van der Waals surface area contributed by atoms with Gasteiger partial charge in [-0.15, -0.1) is 0 Å². The largest absolute Gasteiger partial charge is 0.300 e. The van der Waals surface area contributed by atoms with Crippen LogP contribution in [0, 0.1) is 52.4 Å². The van der Waals surface area contributed by atoms with Gasteiger partial charge in [0.05, 0.1) is 0 Å². The molecule has 0 radical (unpaired) electrons. The van der Waals surface area contributed by atoms with E-state index in [0.717, 1.165) is 50.4 Å². The summed E-state index contributed by atoms with van der Waals surface area (Å²) < 4.78 is 0. The first-order valence-corrected chi connectivity index (χ1v) is 13.9. The summed E-state index contributed by atoms with van der Waals surface area (Å²) in [7, 11) is 0. The molecule has 0 amide bonds. The van der Waals surface area contributed by atoms with Crippen LogP contribution in [0.15, 0.2) is 18.2 Å². The molecule has 2 aromatic rings. The third-order valence-corrected chi connectivity index (χ3v) is 9.53. The van der Waals surface area contributed by atoms with Crippen molar-refractivity contribution < 1.29 is 4.79 Å². The first kappa shape index (κ1) is 25.2. The van der Waals surface area contributed by atoms with Gasteiger partial charge in [-0.1, -0.05) is 38.0 Å². The molecule has 34 heavy (non-hydrogen) atoms. The number of rotatable bonds is 6. The summed E-state index contributed by atoms with van der Waals surface area (Å²) in [4.78, 5) is 11.7. The Balaban J connectivity index is 1.50. The number of carbonyl (C=O) groups excluding carboxylic acids is 1. The Labute approximate surface area is 208 Å². The Morgan fingerprint density at radius 3 is 1.85 bits per heavy atom. The summed E-state index contributed by atoms with van der Waals surface area (Å²) >= 11 is 0. The lowest BCUT2D eigenvalue weighted by molar-refractivity contribution is -0.121. The Bertz CT molecular complexity index is 996. The van der Waals surface area contributed by atoms with Crippen LogP contribution in [0.25, 0.3) is 0 Å². The van der Waals surface area contributed by atoms with E-state index in [0.29, 0.717) is 11.7 Å². The molecule has 0 unspecified atom stereocenters. The minimum atomic E-state index is 0.460. The highest BCUT2D eigenvalue weighted by atomic mass is 16.1. The van der Waals surface area contributed by atoms with Crippen molar-refractivity contribution in [2.75, 3.05) is 0 Å². The van der Waals surface area contributed by atoms with Gasteiger partial charge in [-0.3, -0.25) is 4.79 Å². The standard InChI is InChI=1S/C33H46O/c1-21-7-9-27(10-8-21)18-29-11-14-30(22(2)17-29)20-33-25(5)23(3)32(24(4)26(33)6)19-28-12-15-31(34)16-13-28/h11,14,17,21,27-28H,7-10,12-13,15-16,18-20H2,1-6H3. The Hall–Kier alpha value is -1.89. The van der Waals surface area contributed by atoms with E-state index in [1.54, 1.807) is 5.56 Å². The van der Waals surface area contributed by atoms with Gasteiger partial charge in [0, 0.05) is 12.8 Å². The lowest BCUT2D eigenvalue weighted by Gasteiger charge is -2.27. The molecule has 184 valence electrons. The van der Waals surface area contributed by atoms with Crippen LogP contribution in [0.1, 0.15) is 108 Å². The average molecular weight is 459 g/mol. The molecule has 0 aliphatic heterocycles. The number of carbonyl (C=O) groups is 1. The van der Waals surface area contributed by atoms with Gasteiger partial charge in [-0.2, -0.15) is 0 Å². The molecule has 1 heteroatoms. The topological polar surface area (TPSA) is 17.1 Å². The molecule has 2 fully saturated rings. The maximum Gasteiger partial charge on any atom is 0.132 e. The summed E-state index contributed by atoms with van der Waals surface area (Å²) in [5.74, 6) is 2.94. The fourth-order valence-corrected chi connectivity index (χ4v) is 6.67. The molecule has 0 spiro atoms. The molecule has 0 bridgehead atoms. The van der Waals surface area contributed by atoms with Gasteiger partial charge >= 0.3 is 0 Å². The van der Waals surface area contributed by atoms with Crippen LogP contribution in [0.2, 0.25) is 0 Å². The smallest absolute Gasteiger partial charge is 0.132 e. The lowest BCUT2D eigenvalue weighted by atomic mass is 9.78. The zero-order chi connectivity index (χ0) is 24.4. The maximum atomic E-state index is 11.7. The summed E-state index contributed by atoms with van der Waals surface area (Å²) in [6, 6.07) is 7.28. The molecule has 0 saturated heterocycles. The van der Waals surface area contributed by atoms with E-state index in [-0.39, 0.29) is 0 Å². The van der Waals surface area contributed by atoms with Crippen molar-refractivity contribution in [3.8, 4) is 0 Å². The van der Waals surface area contributed by atoms with Crippen molar-refractivity contribution in [2.45, 2.75) is 112 Å². The summed E-state index contributed by atoms with van der Waals surface area (Å²) in [5, 5.41) is 0.